The molecule has 6 nitrogen and oxygen atoms in total. The number of rotatable bonds is 6. The summed E-state index contributed by atoms with van der Waals surface area (Å²) in [4.78, 5) is 22.2. The molecule has 0 aromatic carbocycles. The number of hydrogen-bond donors (Lipinski definition) is 2. The summed E-state index contributed by atoms with van der Waals surface area (Å²) >= 11 is 6.17. The van der Waals surface area contributed by atoms with Crippen molar-refractivity contribution in [3.63, 3.8) is 0 Å². The van der Waals surface area contributed by atoms with Gasteiger partial charge in [-0.3, -0.25) is 0 Å². The Bertz CT molecular complexity index is 495. The number of carbonyl (C=O) groups is 2. The van der Waals surface area contributed by atoms with Gasteiger partial charge in [0.05, 0.1) is 12.7 Å². The summed E-state index contributed by atoms with van der Waals surface area (Å²) in [5.41, 5.74) is -0.150. The fourth-order valence-corrected chi connectivity index (χ4v) is 1.87. The van der Waals surface area contributed by atoms with Crippen molar-refractivity contribution in [3.8, 4) is 0 Å². The summed E-state index contributed by atoms with van der Waals surface area (Å²) in [6.07, 6.45) is -0.159. The average Bonchev–Trinajstić information content (AvgIpc) is 2.54. The normalized spacial score (nSPS) is 12.5. The number of halogens is 4. The molecule has 10 heteroatoms. The third-order valence-corrected chi connectivity index (χ3v) is 3.81. The van der Waals surface area contributed by atoms with Gasteiger partial charge in [-0.25, -0.2) is 18.4 Å². The summed E-state index contributed by atoms with van der Waals surface area (Å²) in [6, 6.07) is 0. The molecule has 0 aliphatic heterocycles. The molecule has 0 bridgehead atoms. The van der Waals surface area contributed by atoms with Crippen LogP contribution in [-0.4, -0.2) is 47.1 Å². The molecule has 164 valence electrons. The van der Waals surface area contributed by atoms with Gasteiger partial charge in [0.25, 0.3) is 0 Å². The quantitative estimate of drug-likeness (QED) is 0.439. The Morgan fingerprint density at radius 3 is 1.25 bits per heavy atom. The largest absolute Gasteiger partial charge is 0.444 e. The van der Waals surface area contributed by atoms with Gasteiger partial charge in [-0.1, -0.05) is 31.9 Å². The lowest BCUT2D eigenvalue weighted by Gasteiger charge is -2.19. The van der Waals surface area contributed by atoms with E-state index >= 15 is 0 Å². The molecule has 0 rings (SSSR count). The van der Waals surface area contributed by atoms with Crippen LogP contribution in [0.15, 0.2) is 23.8 Å². The van der Waals surface area contributed by atoms with Crippen molar-refractivity contribution in [2.45, 2.75) is 52.7 Å². The van der Waals surface area contributed by atoms with E-state index in [0.29, 0.717) is 34.5 Å². The first-order valence-corrected chi connectivity index (χ1v) is 10.6. The van der Waals surface area contributed by atoms with Gasteiger partial charge < -0.3 is 20.1 Å². The molecule has 0 heterocycles. The highest BCUT2D eigenvalue weighted by atomic mass is 79.9. The Balaban J connectivity index is 0. The number of alkyl carbamates (subject to hydrolysis) is 2. The Kier molecular flexibility index (Phi) is 15.3. The van der Waals surface area contributed by atoms with E-state index in [1.54, 1.807) is 41.5 Å². The van der Waals surface area contributed by atoms with E-state index in [9.17, 15) is 18.4 Å². The van der Waals surface area contributed by atoms with E-state index < -0.39 is 23.4 Å². The fourth-order valence-electron chi connectivity index (χ4n) is 1.23. The van der Waals surface area contributed by atoms with E-state index in [1.807, 2.05) is 0 Å². The first-order valence-electron chi connectivity index (χ1n) is 8.39. The molecule has 0 saturated carbocycles. The topological polar surface area (TPSA) is 76.7 Å². The number of ether oxygens (including phenoxy) is 2. The minimum atomic E-state index is -0.544. The molecule has 0 spiro atoms. The molecular formula is C18H30Br2F2N2O4. The maximum Gasteiger partial charge on any atom is 0.407 e. The molecule has 0 fully saturated rings. The highest BCUT2D eigenvalue weighted by molar-refractivity contribution is 9.09. The van der Waals surface area contributed by atoms with Crippen molar-refractivity contribution in [1.82, 2.24) is 10.6 Å². The molecule has 0 aliphatic rings. The van der Waals surface area contributed by atoms with Gasteiger partial charge in [0, 0.05) is 23.7 Å². The van der Waals surface area contributed by atoms with Crippen LogP contribution < -0.4 is 10.6 Å². The number of nitrogens with one attached hydrogen (secondary N) is 2. The lowest BCUT2D eigenvalue weighted by molar-refractivity contribution is 0.0521. The minimum absolute atomic E-state index is 0.149. The smallest absolute Gasteiger partial charge is 0.407 e. The summed E-state index contributed by atoms with van der Waals surface area (Å²) in [5.74, 6) is 0. The van der Waals surface area contributed by atoms with Crippen LogP contribution in [0, 0.1) is 0 Å². The lowest BCUT2D eigenvalue weighted by Crippen LogP contribution is -2.33. The third kappa shape index (κ3) is 19.6. The molecule has 0 radical (unpaired) electrons. The summed E-state index contributed by atoms with van der Waals surface area (Å²) < 4.78 is 34.0. The van der Waals surface area contributed by atoms with Crippen LogP contribution in [0.25, 0.3) is 0 Å². The van der Waals surface area contributed by atoms with Gasteiger partial charge in [0.2, 0.25) is 0 Å². The van der Waals surface area contributed by atoms with E-state index in [0.717, 1.165) is 0 Å². The molecule has 0 unspecified atom stereocenters. The first kappa shape index (κ1) is 29.0. The summed E-state index contributed by atoms with van der Waals surface area (Å²) in [7, 11) is 0. The second-order valence-electron chi connectivity index (χ2n) is 7.51. The number of hydrogen-bond acceptors (Lipinski definition) is 4. The monoisotopic (exact) mass is 534 g/mol. The molecule has 2 amide bonds. The predicted octanol–water partition coefficient (Wildman–Crippen LogP) is 5.52. The van der Waals surface area contributed by atoms with Crippen LogP contribution in [0.5, 0.6) is 0 Å². The Morgan fingerprint density at radius 1 is 0.786 bits per heavy atom. The number of amides is 2. The number of alkyl halides is 2. The molecule has 0 atom stereocenters. The van der Waals surface area contributed by atoms with Crippen LogP contribution in [0.1, 0.15) is 41.5 Å². The SMILES string of the molecule is CC(C)(C)OC(=O)NC/C(=C/F)CBr.CC(C)(C)OC(=O)NC/C(=C\F)CBr. The lowest BCUT2D eigenvalue weighted by atomic mass is 10.2. The highest BCUT2D eigenvalue weighted by Crippen LogP contribution is 2.07. The Labute approximate surface area is 182 Å². The zero-order chi connectivity index (χ0) is 22.4. The van der Waals surface area contributed by atoms with Crippen molar-refractivity contribution in [1.29, 1.82) is 0 Å². The molecular weight excluding hydrogens is 506 g/mol. The molecule has 0 aromatic rings. The average molecular weight is 536 g/mol. The van der Waals surface area contributed by atoms with E-state index in [-0.39, 0.29) is 13.1 Å². The zero-order valence-electron chi connectivity index (χ0n) is 17.1. The van der Waals surface area contributed by atoms with Crippen LogP contribution >= 0.6 is 31.9 Å². The van der Waals surface area contributed by atoms with Crippen molar-refractivity contribution in [3.05, 3.63) is 23.8 Å². The van der Waals surface area contributed by atoms with Crippen LogP contribution in [0.4, 0.5) is 18.4 Å². The van der Waals surface area contributed by atoms with Crippen molar-refractivity contribution >= 4 is 44.0 Å². The van der Waals surface area contributed by atoms with Gasteiger partial charge in [-0.15, -0.1) is 0 Å². The van der Waals surface area contributed by atoms with Gasteiger partial charge in [-0.2, -0.15) is 0 Å². The maximum atomic E-state index is 12.1. The van der Waals surface area contributed by atoms with Crippen LogP contribution in [0.2, 0.25) is 0 Å². The van der Waals surface area contributed by atoms with Crippen LogP contribution in [0.3, 0.4) is 0 Å². The van der Waals surface area contributed by atoms with Crippen LogP contribution in [-0.2, 0) is 9.47 Å². The second-order valence-corrected chi connectivity index (χ2v) is 8.63. The molecule has 0 saturated heterocycles. The molecule has 0 aromatic heterocycles. The molecule has 28 heavy (non-hydrogen) atoms. The van der Waals surface area contributed by atoms with Gasteiger partial charge in [-0.05, 0) is 52.7 Å². The van der Waals surface area contributed by atoms with E-state index in [1.165, 1.54) is 0 Å². The predicted molar refractivity (Wildman–Crippen MR) is 114 cm³/mol. The number of carbonyl (C=O) groups excluding carboxylic acids is 2. The Morgan fingerprint density at radius 2 is 1.07 bits per heavy atom. The van der Waals surface area contributed by atoms with Crippen molar-refractivity contribution in [2.75, 3.05) is 23.7 Å². The molecule has 0 aliphatic carbocycles. The van der Waals surface area contributed by atoms with Gasteiger partial charge in [0.15, 0.2) is 0 Å². The summed E-state index contributed by atoms with van der Waals surface area (Å²) in [5, 5.41) is 5.66. The Hall–Kier alpha value is -1.16. The van der Waals surface area contributed by atoms with Gasteiger partial charge in [0.1, 0.15) is 11.2 Å². The van der Waals surface area contributed by atoms with Gasteiger partial charge >= 0.3 is 12.2 Å². The molecule has 2 N–H and O–H groups in total. The summed E-state index contributed by atoms with van der Waals surface area (Å²) in [6.45, 7) is 10.9. The standard InChI is InChI=1S/2C9H15BrFNO2/c2*1-9(2,3)14-8(13)12-6-7(4-10)5-11/h2*5H,4,6H2,1-3H3,(H,12,13)/b7-5+;7-5-. The van der Waals surface area contributed by atoms with Crippen molar-refractivity contribution < 1.29 is 27.8 Å². The van der Waals surface area contributed by atoms with Crippen molar-refractivity contribution in [2.24, 2.45) is 0 Å². The van der Waals surface area contributed by atoms with E-state index in [4.69, 9.17) is 9.47 Å². The first-order chi connectivity index (χ1) is 12.8. The highest BCUT2D eigenvalue weighted by Gasteiger charge is 2.16. The second kappa shape index (κ2) is 14.8. The zero-order valence-corrected chi connectivity index (χ0v) is 20.3. The maximum absolute atomic E-state index is 12.1. The third-order valence-electron chi connectivity index (χ3n) is 2.37. The minimum Gasteiger partial charge on any atom is -0.444 e. The van der Waals surface area contributed by atoms with E-state index in [2.05, 4.69) is 42.5 Å². The fraction of sp³-hybridized carbons (Fsp3) is 0.667.